The molecule has 5 nitrogen and oxygen atoms in total. The summed E-state index contributed by atoms with van der Waals surface area (Å²) in [5.41, 5.74) is 2.06. The Morgan fingerprint density at radius 1 is 0.960 bits per heavy atom. The summed E-state index contributed by atoms with van der Waals surface area (Å²) in [7, 11) is 1.61. The van der Waals surface area contributed by atoms with Gasteiger partial charge in [-0.05, 0) is 17.7 Å². The fraction of sp³-hybridized carbons (Fsp3) is 0.350. The number of benzene rings is 2. The Hall–Kier alpha value is -2.37. The van der Waals surface area contributed by atoms with Crippen LogP contribution in [0, 0.1) is 0 Å². The van der Waals surface area contributed by atoms with Crippen LogP contribution in [-0.2, 0) is 11.3 Å². The van der Waals surface area contributed by atoms with Gasteiger partial charge in [0.15, 0.2) is 0 Å². The summed E-state index contributed by atoms with van der Waals surface area (Å²) >= 11 is 0. The van der Waals surface area contributed by atoms with Gasteiger partial charge in [0.2, 0.25) is 5.91 Å². The van der Waals surface area contributed by atoms with Crippen molar-refractivity contribution in [1.29, 1.82) is 0 Å². The van der Waals surface area contributed by atoms with E-state index in [1.165, 1.54) is 5.56 Å². The quantitative estimate of drug-likeness (QED) is 0.878. The van der Waals surface area contributed by atoms with Crippen molar-refractivity contribution < 1.29 is 9.53 Å². The third kappa shape index (κ3) is 5.05. The van der Waals surface area contributed by atoms with Crippen molar-refractivity contribution >= 4 is 11.6 Å². The number of anilines is 1. The highest BCUT2D eigenvalue weighted by Crippen LogP contribution is 2.22. The first-order valence-electron chi connectivity index (χ1n) is 8.66. The zero-order chi connectivity index (χ0) is 17.5. The number of hydrogen-bond donors (Lipinski definition) is 1. The van der Waals surface area contributed by atoms with E-state index in [2.05, 4.69) is 39.4 Å². The van der Waals surface area contributed by atoms with Crippen LogP contribution >= 0.6 is 0 Å². The molecule has 0 radical (unpaired) electrons. The normalized spacial score (nSPS) is 15.7. The van der Waals surface area contributed by atoms with Crippen molar-refractivity contribution in [3.8, 4) is 5.75 Å². The van der Waals surface area contributed by atoms with Gasteiger partial charge in [-0.1, -0.05) is 42.5 Å². The fourth-order valence-electron chi connectivity index (χ4n) is 3.09. The van der Waals surface area contributed by atoms with Crippen molar-refractivity contribution in [3.05, 3.63) is 60.2 Å². The third-order valence-electron chi connectivity index (χ3n) is 4.46. The van der Waals surface area contributed by atoms with Gasteiger partial charge in [0, 0.05) is 32.7 Å². The molecule has 0 saturated carbocycles. The number of rotatable bonds is 6. The van der Waals surface area contributed by atoms with Gasteiger partial charge in [-0.25, -0.2) is 0 Å². The Bertz CT molecular complexity index is 682. The lowest BCUT2D eigenvalue weighted by Crippen LogP contribution is -2.48. The molecule has 0 atom stereocenters. The van der Waals surface area contributed by atoms with Gasteiger partial charge in [-0.2, -0.15) is 0 Å². The summed E-state index contributed by atoms with van der Waals surface area (Å²) in [6.07, 6.45) is 0. The van der Waals surface area contributed by atoms with E-state index in [0.717, 1.165) is 38.4 Å². The summed E-state index contributed by atoms with van der Waals surface area (Å²) in [5.74, 6) is 0.685. The van der Waals surface area contributed by atoms with Crippen LogP contribution in [0.25, 0.3) is 0 Å². The number of ether oxygens (including phenoxy) is 1. The highest BCUT2D eigenvalue weighted by atomic mass is 16.5. The zero-order valence-corrected chi connectivity index (χ0v) is 14.6. The van der Waals surface area contributed by atoms with Gasteiger partial charge in [-0.3, -0.25) is 14.6 Å². The number of nitrogens with one attached hydrogen (secondary N) is 1. The van der Waals surface area contributed by atoms with Gasteiger partial charge in [0.25, 0.3) is 0 Å². The van der Waals surface area contributed by atoms with Crippen LogP contribution < -0.4 is 10.1 Å². The van der Waals surface area contributed by atoms with E-state index in [1.807, 2.05) is 30.3 Å². The molecule has 1 N–H and O–H groups in total. The van der Waals surface area contributed by atoms with Crippen LogP contribution in [0.15, 0.2) is 54.6 Å². The summed E-state index contributed by atoms with van der Waals surface area (Å²) in [6.45, 7) is 5.17. The lowest BCUT2D eigenvalue weighted by molar-refractivity contribution is -0.117. The first kappa shape index (κ1) is 17.5. The number of piperazine rings is 1. The number of carbonyl (C=O) groups is 1. The molecule has 0 unspecified atom stereocenters. The molecule has 1 fully saturated rings. The van der Waals surface area contributed by atoms with Crippen LogP contribution in [0.2, 0.25) is 0 Å². The predicted molar refractivity (Wildman–Crippen MR) is 99.8 cm³/mol. The molecule has 1 aliphatic heterocycles. The molecule has 3 rings (SSSR count). The van der Waals surface area contributed by atoms with E-state index < -0.39 is 0 Å². The van der Waals surface area contributed by atoms with Crippen LogP contribution in [0.4, 0.5) is 5.69 Å². The lowest BCUT2D eigenvalue weighted by Gasteiger charge is -2.34. The molecule has 1 amide bonds. The van der Waals surface area contributed by atoms with Gasteiger partial charge >= 0.3 is 0 Å². The minimum Gasteiger partial charge on any atom is -0.495 e. The van der Waals surface area contributed by atoms with E-state index in [4.69, 9.17) is 4.74 Å². The van der Waals surface area contributed by atoms with Gasteiger partial charge in [0.1, 0.15) is 5.75 Å². The van der Waals surface area contributed by atoms with E-state index in [0.29, 0.717) is 12.3 Å². The van der Waals surface area contributed by atoms with Gasteiger partial charge < -0.3 is 10.1 Å². The smallest absolute Gasteiger partial charge is 0.238 e. The molecule has 25 heavy (non-hydrogen) atoms. The van der Waals surface area contributed by atoms with Crippen molar-refractivity contribution in [1.82, 2.24) is 9.80 Å². The molecule has 1 aliphatic rings. The molecular formula is C20H25N3O2. The van der Waals surface area contributed by atoms with Gasteiger partial charge in [-0.15, -0.1) is 0 Å². The maximum atomic E-state index is 12.3. The molecular weight excluding hydrogens is 314 g/mol. The van der Waals surface area contributed by atoms with E-state index in [1.54, 1.807) is 7.11 Å². The van der Waals surface area contributed by atoms with Crippen molar-refractivity contribution in [2.45, 2.75) is 6.54 Å². The van der Waals surface area contributed by atoms with E-state index >= 15 is 0 Å². The van der Waals surface area contributed by atoms with E-state index in [9.17, 15) is 4.79 Å². The summed E-state index contributed by atoms with van der Waals surface area (Å²) in [4.78, 5) is 16.9. The standard InChI is InChI=1S/C20H25N3O2/c1-25-19-10-6-5-9-18(19)21-20(24)16-23-13-11-22(12-14-23)15-17-7-3-2-4-8-17/h2-10H,11-16H2,1H3,(H,21,24). The summed E-state index contributed by atoms with van der Waals surface area (Å²) in [5, 5.41) is 2.94. The largest absolute Gasteiger partial charge is 0.495 e. The monoisotopic (exact) mass is 339 g/mol. The number of para-hydroxylation sites is 2. The zero-order valence-electron chi connectivity index (χ0n) is 14.6. The Morgan fingerprint density at radius 2 is 1.60 bits per heavy atom. The summed E-state index contributed by atoms with van der Waals surface area (Å²) in [6, 6.07) is 18.0. The molecule has 1 heterocycles. The van der Waals surface area contributed by atoms with Crippen LogP contribution in [0.1, 0.15) is 5.56 Å². The van der Waals surface area contributed by atoms with Gasteiger partial charge in [0.05, 0.1) is 19.3 Å². The Balaban J connectivity index is 1.45. The second-order valence-corrected chi connectivity index (χ2v) is 6.29. The summed E-state index contributed by atoms with van der Waals surface area (Å²) < 4.78 is 5.27. The van der Waals surface area contributed by atoms with Crippen molar-refractivity contribution in [3.63, 3.8) is 0 Å². The number of amides is 1. The number of methoxy groups -OCH3 is 1. The minimum atomic E-state index is 0.000935. The molecule has 1 saturated heterocycles. The topological polar surface area (TPSA) is 44.8 Å². The molecule has 5 heteroatoms. The molecule has 2 aromatic carbocycles. The third-order valence-corrected chi connectivity index (χ3v) is 4.46. The van der Waals surface area contributed by atoms with Crippen molar-refractivity contribution in [2.75, 3.05) is 45.2 Å². The molecule has 2 aromatic rings. The SMILES string of the molecule is COc1ccccc1NC(=O)CN1CCN(Cc2ccccc2)CC1. The molecule has 132 valence electrons. The van der Waals surface area contributed by atoms with Crippen LogP contribution in [0.5, 0.6) is 5.75 Å². The maximum absolute atomic E-state index is 12.3. The number of nitrogens with zero attached hydrogens (tertiary/aromatic N) is 2. The average molecular weight is 339 g/mol. The Morgan fingerprint density at radius 3 is 2.32 bits per heavy atom. The highest BCUT2D eigenvalue weighted by molar-refractivity contribution is 5.93. The number of hydrogen-bond acceptors (Lipinski definition) is 4. The van der Waals surface area contributed by atoms with Crippen LogP contribution in [0.3, 0.4) is 0 Å². The highest BCUT2D eigenvalue weighted by Gasteiger charge is 2.19. The number of carbonyl (C=O) groups excluding carboxylic acids is 1. The van der Waals surface area contributed by atoms with Crippen LogP contribution in [-0.4, -0.2) is 55.5 Å². The maximum Gasteiger partial charge on any atom is 0.238 e. The molecule has 0 aromatic heterocycles. The second kappa shape index (κ2) is 8.65. The second-order valence-electron chi connectivity index (χ2n) is 6.29. The molecule has 0 aliphatic carbocycles. The minimum absolute atomic E-state index is 0.000935. The molecule has 0 bridgehead atoms. The first-order valence-corrected chi connectivity index (χ1v) is 8.66. The van der Waals surface area contributed by atoms with E-state index in [-0.39, 0.29) is 5.91 Å². The lowest BCUT2D eigenvalue weighted by atomic mass is 10.2. The molecule has 0 spiro atoms. The Labute approximate surface area is 149 Å². The predicted octanol–water partition coefficient (Wildman–Crippen LogP) is 2.45. The average Bonchev–Trinajstić information content (AvgIpc) is 2.64. The fourth-order valence-corrected chi connectivity index (χ4v) is 3.09. The first-order chi connectivity index (χ1) is 12.2. The van der Waals surface area contributed by atoms with Crippen molar-refractivity contribution in [2.24, 2.45) is 0 Å². The Kier molecular flexibility index (Phi) is 6.04.